The van der Waals surface area contributed by atoms with Crippen LogP contribution in [0.25, 0.3) is 5.76 Å². The molecular formula is C24H19Cl2NO6. The van der Waals surface area contributed by atoms with Gasteiger partial charge < -0.3 is 19.0 Å². The van der Waals surface area contributed by atoms with E-state index in [4.69, 9.17) is 37.1 Å². The van der Waals surface area contributed by atoms with Crippen molar-refractivity contribution in [1.29, 1.82) is 0 Å². The monoisotopic (exact) mass is 487 g/mol. The van der Waals surface area contributed by atoms with Crippen LogP contribution in [0.2, 0.25) is 10.0 Å². The number of ketones is 1. The molecule has 3 aromatic rings. The number of methoxy groups -OCH3 is 2. The number of hydrogen-bond acceptors (Lipinski definition) is 6. The van der Waals surface area contributed by atoms with Crippen LogP contribution >= 0.6 is 23.2 Å². The van der Waals surface area contributed by atoms with Gasteiger partial charge in [0.1, 0.15) is 34.8 Å². The normalized spacial score (nSPS) is 17.5. The van der Waals surface area contributed by atoms with E-state index in [0.717, 1.165) is 0 Å². The summed E-state index contributed by atoms with van der Waals surface area (Å²) in [5, 5.41) is 11.9. The number of aryl methyl sites for hydroxylation is 1. The molecule has 9 heteroatoms. The Morgan fingerprint density at radius 1 is 1.03 bits per heavy atom. The Kier molecular flexibility index (Phi) is 6.10. The van der Waals surface area contributed by atoms with Crippen LogP contribution in [0.15, 0.2) is 58.5 Å². The van der Waals surface area contributed by atoms with E-state index >= 15 is 0 Å². The number of aliphatic hydroxyl groups is 1. The Morgan fingerprint density at radius 3 is 2.36 bits per heavy atom. The molecule has 0 aliphatic carbocycles. The molecule has 1 unspecified atom stereocenters. The fourth-order valence-electron chi connectivity index (χ4n) is 3.78. The Hall–Kier alpha value is -3.42. The largest absolute Gasteiger partial charge is 0.507 e. The summed E-state index contributed by atoms with van der Waals surface area (Å²) in [4.78, 5) is 27.6. The molecule has 1 atom stereocenters. The zero-order valence-electron chi connectivity index (χ0n) is 17.9. The molecule has 0 spiro atoms. The number of benzene rings is 2. The molecule has 1 amide bonds. The van der Waals surface area contributed by atoms with Crippen LogP contribution < -0.4 is 14.4 Å². The van der Waals surface area contributed by atoms with Gasteiger partial charge in [-0.15, -0.1) is 0 Å². The zero-order chi connectivity index (χ0) is 23.9. The summed E-state index contributed by atoms with van der Waals surface area (Å²) in [5.74, 6) is -0.784. The summed E-state index contributed by atoms with van der Waals surface area (Å²) in [6.45, 7) is 1.74. The summed E-state index contributed by atoms with van der Waals surface area (Å²) in [7, 11) is 2.84. The van der Waals surface area contributed by atoms with Gasteiger partial charge in [0.25, 0.3) is 11.7 Å². The number of amides is 1. The molecule has 1 fully saturated rings. The van der Waals surface area contributed by atoms with Gasteiger partial charge in [-0.05, 0) is 43.3 Å². The molecule has 1 aliphatic heterocycles. The molecule has 33 heavy (non-hydrogen) atoms. The van der Waals surface area contributed by atoms with Gasteiger partial charge in [-0.2, -0.15) is 0 Å². The van der Waals surface area contributed by atoms with Crippen LogP contribution in [0.4, 0.5) is 5.69 Å². The zero-order valence-corrected chi connectivity index (χ0v) is 19.4. The van der Waals surface area contributed by atoms with Crippen molar-refractivity contribution in [1.82, 2.24) is 0 Å². The molecule has 4 rings (SSSR count). The number of Topliss-reactive ketones (excluding diaryl/α,β-unsaturated/α-hetero) is 1. The number of ether oxygens (including phenoxy) is 2. The maximum absolute atomic E-state index is 13.2. The molecule has 0 bridgehead atoms. The number of anilines is 1. The molecule has 0 radical (unpaired) electrons. The number of furan rings is 1. The van der Waals surface area contributed by atoms with E-state index < -0.39 is 23.5 Å². The highest BCUT2D eigenvalue weighted by Crippen LogP contribution is 2.45. The fraction of sp³-hybridized carbons (Fsp3) is 0.167. The van der Waals surface area contributed by atoms with Gasteiger partial charge >= 0.3 is 0 Å². The number of rotatable bonds is 5. The number of hydrogen-bond donors (Lipinski definition) is 1. The highest BCUT2D eigenvalue weighted by Gasteiger charge is 2.48. The minimum absolute atomic E-state index is 0.126. The van der Waals surface area contributed by atoms with Crippen molar-refractivity contribution in [2.24, 2.45) is 0 Å². The highest BCUT2D eigenvalue weighted by molar-refractivity contribution is 6.51. The van der Waals surface area contributed by atoms with Crippen molar-refractivity contribution in [2.75, 3.05) is 19.1 Å². The van der Waals surface area contributed by atoms with Crippen LogP contribution in [0, 0.1) is 6.92 Å². The lowest BCUT2D eigenvalue weighted by Gasteiger charge is -2.23. The average Bonchev–Trinajstić information content (AvgIpc) is 3.33. The predicted octanol–water partition coefficient (Wildman–Crippen LogP) is 5.54. The molecule has 1 saturated heterocycles. The van der Waals surface area contributed by atoms with Crippen LogP contribution in [0.5, 0.6) is 11.5 Å². The van der Waals surface area contributed by atoms with E-state index in [0.29, 0.717) is 28.0 Å². The van der Waals surface area contributed by atoms with Crippen molar-refractivity contribution in [3.8, 4) is 11.5 Å². The Morgan fingerprint density at radius 2 is 1.76 bits per heavy atom. The number of carbonyl (C=O) groups excluding carboxylic acids is 2. The van der Waals surface area contributed by atoms with Gasteiger partial charge in [0.05, 0.1) is 30.4 Å². The van der Waals surface area contributed by atoms with Gasteiger partial charge in [0, 0.05) is 16.8 Å². The second-order valence-electron chi connectivity index (χ2n) is 7.28. The van der Waals surface area contributed by atoms with Gasteiger partial charge in [0.2, 0.25) is 0 Å². The van der Waals surface area contributed by atoms with E-state index in [2.05, 4.69) is 0 Å². The van der Waals surface area contributed by atoms with Crippen molar-refractivity contribution in [3.63, 3.8) is 0 Å². The lowest BCUT2D eigenvalue weighted by atomic mass is 9.98. The Labute approximate surface area is 199 Å². The molecule has 7 nitrogen and oxygen atoms in total. The third-order valence-corrected chi connectivity index (χ3v) is 5.82. The molecular weight excluding hydrogens is 469 g/mol. The standard InChI is InChI=1S/C24H19Cl2NO6/c1-12-7-8-17(33-12)21-20(22(28)15-10-16(26)19(32-3)11-18(15)31-2)23(29)24(30)27(21)14-6-4-5-13(25)9-14/h4-11,21,28H,1-3H3/b22-20+. The molecule has 1 N–H and O–H groups in total. The number of halogens is 2. The maximum Gasteiger partial charge on any atom is 0.300 e. The van der Waals surface area contributed by atoms with Crippen LogP contribution in [0.1, 0.15) is 23.1 Å². The van der Waals surface area contributed by atoms with Gasteiger partial charge in [-0.3, -0.25) is 14.5 Å². The van der Waals surface area contributed by atoms with Crippen molar-refractivity contribution in [2.45, 2.75) is 13.0 Å². The van der Waals surface area contributed by atoms with Crippen molar-refractivity contribution >= 4 is 46.3 Å². The smallest absolute Gasteiger partial charge is 0.300 e. The molecule has 1 aromatic heterocycles. The van der Waals surface area contributed by atoms with E-state index in [1.165, 1.54) is 31.3 Å². The minimum atomic E-state index is -1.04. The minimum Gasteiger partial charge on any atom is -0.507 e. The molecule has 1 aliphatic rings. The number of nitrogens with zero attached hydrogens (tertiary/aromatic N) is 1. The van der Waals surface area contributed by atoms with E-state index in [1.807, 2.05) is 0 Å². The first-order valence-corrected chi connectivity index (χ1v) is 10.6. The quantitative estimate of drug-likeness (QED) is 0.288. The van der Waals surface area contributed by atoms with Gasteiger partial charge in [-0.25, -0.2) is 0 Å². The average molecular weight is 488 g/mol. The van der Waals surface area contributed by atoms with E-state index in [9.17, 15) is 14.7 Å². The first-order valence-electron chi connectivity index (χ1n) is 9.81. The van der Waals surface area contributed by atoms with E-state index in [-0.39, 0.29) is 21.9 Å². The number of aliphatic hydroxyl groups excluding tert-OH is 1. The Balaban J connectivity index is 1.98. The van der Waals surface area contributed by atoms with Crippen molar-refractivity contribution in [3.05, 3.63) is 81.2 Å². The van der Waals surface area contributed by atoms with Crippen LogP contribution in [0.3, 0.4) is 0 Å². The van der Waals surface area contributed by atoms with Gasteiger partial charge in [-0.1, -0.05) is 29.3 Å². The first kappa shape index (κ1) is 22.8. The van der Waals surface area contributed by atoms with Crippen LogP contribution in [-0.4, -0.2) is 31.0 Å². The lowest BCUT2D eigenvalue weighted by molar-refractivity contribution is -0.132. The van der Waals surface area contributed by atoms with Gasteiger partial charge in [0.15, 0.2) is 0 Å². The second-order valence-corrected chi connectivity index (χ2v) is 8.13. The molecule has 2 aromatic carbocycles. The fourth-order valence-corrected chi connectivity index (χ4v) is 4.21. The predicted molar refractivity (Wildman–Crippen MR) is 124 cm³/mol. The summed E-state index contributed by atoms with van der Waals surface area (Å²) < 4.78 is 16.4. The first-order chi connectivity index (χ1) is 15.8. The molecule has 0 saturated carbocycles. The molecule has 2 heterocycles. The second kappa shape index (κ2) is 8.84. The van der Waals surface area contributed by atoms with Crippen LogP contribution in [-0.2, 0) is 9.59 Å². The lowest BCUT2D eigenvalue weighted by Crippen LogP contribution is -2.29. The third-order valence-electron chi connectivity index (χ3n) is 5.29. The summed E-state index contributed by atoms with van der Waals surface area (Å²) in [6, 6.07) is 11.7. The summed E-state index contributed by atoms with van der Waals surface area (Å²) in [5.41, 5.74) is 0.331. The molecule has 170 valence electrons. The maximum atomic E-state index is 13.2. The summed E-state index contributed by atoms with van der Waals surface area (Å²) in [6.07, 6.45) is 0. The topological polar surface area (TPSA) is 89.2 Å². The van der Waals surface area contributed by atoms with E-state index in [1.54, 1.807) is 43.3 Å². The highest BCUT2D eigenvalue weighted by atomic mass is 35.5. The SMILES string of the molecule is COc1cc(OC)c(/C(O)=C2\C(=O)C(=O)N(c3cccc(Cl)c3)C2c2ccc(C)o2)cc1Cl. The van der Waals surface area contributed by atoms with Crippen molar-refractivity contribution < 1.29 is 28.6 Å². The summed E-state index contributed by atoms with van der Waals surface area (Å²) >= 11 is 12.4. The number of carbonyl (C=O) groups is 2. The Bertz CT molecular complexity index is 1300. The third kappa shape index (κ3) is 3.94.